The van der Waals surface area contributed by atoms with Gasteiger partial charge in [0.1, 0.15) is 5.69 Å². The van der Waals surface area contributed by atoms with Crippen LogP contribution in [0.3, 0.4) is 0 Å². The average Bonchev–Trinajstić information content (AvgIpc) is 2.64. The molecule has 0 aliphatic carbocycles. The second-order valence-corrected chi connectivity index (χ2v) is 7.05. The van der Waals surface area contributed by atoms with Crippen LogP contribution in [-0.2, 0) is 10.0 Å². The molecule has 0 aromatic heterocycles. The molecule has 27 heavy (non-hydrogen) atoms. The molecule has 0 radical (unpaired) electrons. The van der Waals surface area contributed by atoms with Gasteiger partial charge >= 0.3 is 0 Å². The van der Waals surface area contributed by atoms with Crippen LogP contribution in [0, 0.1) is 6.92 Å². The third-order valence-electron chi connectivity index (χ3n) is 3.37. The summed E-state index contributed by atoms with van der Waals surface area (Å²) >= 11 is 0. The van der Waals surface area contributed by atoms with Crippen molar-refractivity contribution in [3.63, 3.8) is 0 Å². The Balaban J connectivity index is 2.59. The summed E-state index contributed by atoms with van der Waals surface area (Å²) in [5, 5.41) is 0. The number of hydrogen-bond acceptors (Lipinski definition) is 6. The van der Waals surface area contributed by atoms with Crippen molar-refractivity contribution in [3.05, 3.63) is 48.0 Å². The fourth-order valence-corrected chi connectivity index (χ4v) is 3.14. The molecule has 0 amide bonds. The Hall–Kier alpha value is -3.35. The zero-order valence-electron chi connectivity index (χ0n) is 14.5. The summed E-state index contributed by atoms with van der Waals surface area (Å²) in [6, 6.07) is 11.0. The summed E-state index contributed by atoms with van der Waals surface area (Å²) in [6.45, 7) is 1.85. The third-order valence-corrected chi connectivity index (χ3v) is 4.73. The van der Waals surface area contributed by atoms with E-state index in [0.29, 0.717) is 0 Å². The quantitative estimate of drug-likeness (QED) is 0.155. The van der Waals surface area contributed by atoms with Crippen LogP contribution in [0.2, 0.25) is 0 Å². The number of guanidine groups is 2. The molecule has 11 N–H and O–H groups in total. The molecule has 0 aliphatic rings. The first kappa shape index (κ1) is 20.0. The monoisotopic (exact) mass is 391 g/mol. The standard InChI is InChI=1S/C15H21N9O2S/c1-9-5-7-10(8-6-9)27(25,26)24-13-11(20-14(16)22-18)3-2-4-12(13)21-15(17)23-19/h2-8,24H,18-19H2,1H3,(H3,16,20,22)(H3,17,21,23). The van der Waals surface area contributed by atoms with Crippen LogP contribution in [-0.4, -0.2) is 20.3 Å². The molecule has 0 heterocycles. The van der Waals surface area contributed by atoms with Crippen LogP contribution >= 0.6 is 0 Å². The van der Waals surface area contributed by atoms with Gasteiger partial charge in [-0.3, -0.25) is 15.6 Å². The normalized spacial score (nSPS) is 12.6. The number of benzene rings is 2. The second-order valence-electron chi connectivity index (χ2n) is 5.37. The fourth-order valence-electron chi connectivity index (χ4n) is 2.05. The van der Waals surface area contributed by atoms with E-state index in [1.54, 1.807) is 18.2 Å². The molecular weight excluding hydrogens is 370 g/mol. The van der Waals surface area contributed by atoms with E-state index in [2.05, 4.69) is 25.6 Å². The lowest BCUT2D eigenvalue weighted by atomic mass is 10.2. The largest absolute Gasteiger partial charge is 0.369 e. The summed E-state index contributed by atoms with van der Waals surface area (Å²) in [5.74, 6) is 10.2. The number of anilines is 1. The van der Waals surface area contributed by atoms with Gasteiger partial charge in [0.15, 0.2) is 0 Å². The lowest BCUT2D eigenvalue weighted by Crippen LogP contribution is -2.37. The molecule has 11 nitrogen and oxygen atoms in total. The van der Waals surface area contributed by atoms with Crippen LogP contribution in [0.4, 0.5) is 17.1 Å². The van der Waals surface area contributed by atoms with Gasteiger partial charge in [-0.15, -0.1) is 0 Å². The molecule has 0 atom stereocenters. The number of nitrogens with zero attached hydrogens (tertiary/aromatic N) is 2. The number of para-hydroxylation sites is 1. The summed E-state index contributed by atoms with van der Waals surface area (Å²) < 4.78 is 28.0. The Morgan fingerprint density at radius 3 is 1.81 bits per heavy atom. The van der Waals surface area contributed by atoms with Crippen molar-refractivity contribution < 1.29 is 8.42 Å². The van der Waals surface area contributed by atoms with Crippen LogP contribution < -0.4 is 38.7 Å². The highest BCUT2D eigenvalue weighted by atomic mass is 32.2. The van der Waals surface area contributed by atoms with Crippen molar-refractivity contribution >= 4 is 39.0 Å². The summed E-state index contributed by atoms with van der Waals surface area (Å²) in [6.07, 6.45) is 0. The van der Waals surface area contributed by atoms with Crippen molar-refractivity contribution in [1.82, 2.24) is 10.9 Å². The fraction of sp³-hybridized carbons (Fsp3) is 0.0667. The molecule has 12 heteroatoms. The topological polar surface area (TPSA) is 199 Å². The van der Waals surface area contributed by atoms with E-state index in [9.17, 15) is 8.42 Å². The Kier molecular flexibility index (Phi) is 6.18. The number of rotatable bonds is 5. The van der Waals surface area contributed by atoms with Crippen LogP contribution in [0.15, 0.2) is 57.3 Å². The second kappa shape index (κ2) is 8.35. The van der Waals surface area contributed by atoms with Gasteiger partial charge in [-0.2, -0.15) is 0 Å². The maximum Gasteiger partial charge on any atom is 0.262 e. The molecule has 144 valence electrons. The van der Waals surface area contributed by atoms with Crippen LogP contribution in [0.25, 0.3) is 0 Å². The Labute approximate surface area is 156 Å². The van der Waals surface area contributed by atoms with E-state index in [1.807, 2.05) is 6.92 Å². The number of aliphatic imine (C=N–C) groups is 2. The minimum absolute atomic E-state index is 0.0504. The molecule has 0 aliphatic heterocycles. The van der Waals surface area contributed by atoms with Gasteiger partial charge in [0.05, 0.1) is 16.3 Å². The maximum absolute atomic E-state index is 12.8. The van der Waals surface area contributed by atoms with E-state index < -0.39 is 10.0 Å². The van der Waals surface area contributed by atoms with E-state index in [0.717, 1.165) is 5.56 Å². The number of sulfonamides is 1. The van der Waals surface area contributed by atoms with E-state index >= 15 is 0 Å². The molecule has 0 bridgehead atoms. The zero-order valence-corrected chi connectivity index (χ0v) is 15.3. The highest BCUT2D eigenvalue weighted by Crippen LogP contribution is 2.36. The molecule has 0 saturated heterocycles. The van der Waals surface area contributed by atoms with Crippen molar-refractivity contribution in [1.29, 1.82) is 0 Å². The molecule has 0 unspecified atom stereocenters. The highest BCUT2D eigenvalue weighted by molar-refractivity contribution is 7.92. The summed E-state index contributed by atoms with van der Waals surface area (Å²) in [5.41, 5.74) is 16.8. The Morgan fingerprint density at radius 2 is 1.37 bits per heavy atom. The van der Waals surface area contributed by atoms with Crippen molar-refractivity contribution in [2.24, 2.45) is 33.1 Å². The third kappa shape index (κ3) is 5.07. The minimum atomic E-state index is -3.93. The van der Waals surface area contributed by atoms with E-state index in [1.165, 1.54) is 24.3 Å². The molecule has 0 fully saturated rings. The molecular formula is C15H21N9O2S. The van der Waals surface area contributed by atoms with Crippen molar-refractivity contribution in [2.75, 3.05) is 4.72 Å². The average molecular weight is 391 g/mol. The van der Waals surface area contributed by atoms with Crippen molar-refractivity contribution in [3.8, 4) is 0 Å². The SMILES string of the molecule is Cc1ccc(S(=O)(=O)Nc2c(N=C(N)NN)cccc2N=C(N)NN)cc1. The Morgan fingerprint density at radius 1 is 0.889 bits per heavy atom. The van der Waals surface area contributed by atoms with Crippen LogP contribution in [0.5, 0.6) is 0 Å². The highest BCUT2D eigenvalue weighted by Gasteiger charge is 2.19. The van der Waals surface area contributed by atoms with Crippen molar-refractivity contribution in [2.45, 2.75) is 11.8 Å². The molecule has 2 rings (SSSR count). The first-order valence-electron chi connectivity index (χ1n) is 7.61. The molecule has 2 aromatic rings. The number of nitrogens with one attached hydrogen (secondary N) is 3. The van der Waals surface area contributed by atoms with Gasteiger partial charge in [0.25, 0.3) is 10.0 Å². The van der Waals surface area contributed by atoms with E-state index in [-0.39, 0.29) is 33.9 Å². The predicted molar refractivity (Wildman–Crippen MR) is 106 cm³/mol. The zero-order chi connectivity index (χ0) is 20.0. The maximum atomic E-state index is 12.8. The first-order valence-corrected chi connectivity index (χ1v) is 9.09. The van der Waals surface area contributed by atoms with Gasteiger partial charge in [0.2, 0.25) is 11.9 Å². The van der Waals surface area contributed by atoms with Crippen LogP contribution in [0.1, 0.15) is 5.56 Å². The number of nitrogens with two attached hydrogens (primary N) is 4. The lowest BCUT2D eigenvalue weighted by Gasteiger charge is -2.14. The smallest absolute Gasteiger partial charge is 0.262 e. The lowest BCUT2D eigenvalue weighted by molar-refractivity contribution is 0.601. The van der Waals surface area contributed by atoms with E-state index in [4.69, 9.17) is 23.2 Å². The van der Waals surface area contributed by atoms with Gasteiger partial charge in [-0.1, -0.05) is 23.8 Å². The molecule has 0 spiro atoms. The minimum Gasteiger partial charge on any atom is -0.369 e. The molecule has 2 aromatic carbocycles. The predicted octanol–water partition coefficient (Wildman–Crippen LogP) is -0.385. The molecule has 0 saturated carbocycles. The Bertz CT molecular complexity index is 931. The number of hydrogen-bond donors (Lipinski definition) is 7. The number of aryl methyl sites for hydroxylation is 1. The summed E-state index contributed by atoms with van der Waals surface area (Å²) in [7, 11) is -3.93. The first-order chi connectivity index (χ1) is 12.8. The van der Waals surface area contributed by atoms with Gasteiger partial charge < -0.3 is 11.5 Å². The van der Waals surface area contributed by atoms with Gasteiger partial charge in [0, 0.05) is 0 Å². The van der Waals surface area contributed by atoms with Gasteiger partial charge in [-0.25, -0.2) is 30.1 Å². The van der Waals surface area contributed by atoms with Gasteiger partial charge in [-0.05, 0) is 31.2 Å². The summed E-state index contributed by atoms with van der Waals surface area (Å²) in [4.78, 5) is 8.13. The number of hydrazine groups is 2.